The van der Waals surface area contributed by atoms with Crippen molar-refractivity contribution in [3.63, 3.8) is 0 Å². The third-order valence-corrected chi connectivity index (χ3v) is 4.96. The summed E-state index contributed by atoms with van der Waals surface area (Å²) < 4.78 is 5.96. The van der Waals surface area contributed by atoms with Crippen molar-refractivity contribution < 1.29 is 9.53 Å². The lowest BCUT2D eigenvalue weighted by Crippen LogP contribution is -2.52. The minimum Gasteiger partial charge on any atom is -0.476 e. The number of nitrogens with zero attached hydrogens (tertiary/aromatic N) is 1. The lowest BCUT2D eigenvalue weighted by molar-refractivity contribution is -0.132. The van der Waals surface area contributed by atoms with Gasteiger partial charge in [-0.1, -0.05) is 43.3 Å². The van der Waals surface area contributed by atoms with Crippen LogP contribution in [0.2, 0.25) is 0 Å². The number of amides is 1. The molecule has 0 fully saturated rings. The van der Waals surface area contributed by atoms with Gasteiger partial charge in [-0.25, -0.2) is 0 Å². The SMILES string of the molecule is CCC(N)c1ccc2c(c1)N(CCCc1ccccc1)C(=O)C(C)(C)O2. The van der Waals surface area contributed by atoms with E-state index in [0.717, 1.165) is 36.3 Å². The first-order valence-electron chi connectivity index (χ1n) is 9.37. The summed E-state index contributed by atoms with van der Waals surface area (Å²) in [5.41, 5.74) is 8.50. The van der Waals surface area contributed by atoms with Crippen molar-refractivity contribution in [1.29, 1.82) is 0 Å². The fourth-order valence-electron chi connectivity index (χ4n) is 3.36. The number of ether oxygens (including phenoxy) is 1. The minimum atomic E-state index is -0.853. The van der Waals surface area contributed by atoms with Crippen LogP contribution in [0.4, 0.5) is 5.69 Å². The van der Waals surface area contributed by atoms with Gasteiger partial charge in [-0.05, 0) is 56.4 Å². The summed E-state index contributed by atoms with van der Waals surface area (Å²) in [5, 5.41) is 0. The predicted octanol–water partition coefficient (Wildman–Crippen LogP) is 4.23. The molecule has 1 amide bonds. The topological polar surface area (TPSA) is 55.6 Å². The highest BCUT2D eigenvalue weighted by Crippen LogP contribution is 2.39. The van der Waals surface area contributed by atoms with Crippen molar-refractivity contribution in [3.8, 4) is 5.75 Å². The van der Waals surface area contributed by atoms with Gasteiger partial charge in [-0.15, -0.1) is 0 Å². The van der Waals surface area contributed by atoms with Gasteiger partial charge in [0.15, 0.2) is 5.60 Å². The van der Waals surface area contributed by atoms with Crippen LogP contribution in [0.5, 0.6) is 5.75 Å². The Bertz CT molecular complexity index is 771. The smallest absolute Gasteiger partial charge is 0.270 e. The molecule has 3 rings (SSSR count). The lowest BCUT2D eigenvalue weighted by Gasteiger charge is -2.39. The molecule has 1 heterocycles. The van der Waals surface area contributed by atoms with Gasteiger partial charge in [0.05, 0.1) is 5.69 Å². The Morgan fingerprint density at radius 2 is 1.88 bits per heavy atom. The van der Waals surface area contributed by atoms with Crippen LogP contribution < -0.4 is 15.4 Å². The Labute approximate surface area is 156 Å². The Hall–Kier alpha value is -2.33. The molecule has 26 heavy (non-hydrogen) atoms. The van der Waals surface area contributed by atoms with Gasteiger partial charge in [-0.3, -0.25) is 4.79 Å². The van der Waals surface area contributed by atoms with E-state index in [4.69, 9.17) is 10.5 Å². The van der Waals surface area contributed by atoms with Gasteiger partial charge in [0.2, 0.25) is 0 Å². The van der Waals surface area contributed by atoms with Crippen LogP contribution in [0.1, 0.15) is 50.8 Å². The Morgan fingerprint density at radius 1 is 1.15 bits per heavy atom. The molecule has 1 atom stereocenters. The molecule has 1 aliphatic heterocycles. The van der Waals surface area contributed by atoms with Crippen LogP contribution in [-0.4, -0.2) is 18.1 Å². The molecule has 0 aromatic heterocycles. The number of rotatable bonds is 6. The number of carbonyl (C=O) groups is 1. The monoisotopic (exact) mass is 352 g/mol. The number of aryl methyl sites for hydroxylation is 1. The van der Waals surface area contributed by atoms with Crippen LogP contribution in [0.25, 0.3) is 0 Å². The number of benzene rings is 2. The van der Waals surface area contributed by atoms with Crippen molar-refractivity contribution in [2.24, 2.45) is 5.73 Å². The van der Waals surface area contributed by atoms with Crippen molar-refractivity contribution in [1.82, 2.24) is 0 Å². The average molecular weight is 352 g/mol. The molecular weight excluding hydrogens is 324 g/mol. The Balaban J connectivity index is 1.84. The highest BCUT2D eigenvalue weighted by Gasteiger charge is 2.40. The second-order valence-corrected chi connectivity index (χ2v) is 7.40. The summed E-state index contributed by atoms with van der Waals surface area (Å²) in [4.78, 5) is 14.8. The van der Waals surface area contributed by atoms with Gasteiger partial charge in [0, 0.05) is 12.6 Å². The molecule has 0 radical (unpaired) electrons. The van der Waals surface area contributed by atoms with Crippen LogP contribution >= 0.6 is 0 Å². The number of nitrogens with two attached hydrogens (primary N) is 1. The largest absolute Gasteiger partial charge is 0.476 e. The standard InChI is InChI=1S/C22H28N2O2/c1-4-18(23)17-12-13-20-19(15-17)24(21(25)22(2,3)26-20)14-8-11-16-9-6-5-7-10-16/h5-7,9-10,12-13,15,18H,4,8,11,14,23H2,1-3H3. The molecule has 138 valence electrons. The van der Waals surface area contributed by atoms with Gasteiger partial charge in [0.25, 0.3) is 5.91 Å². The van der Waals surface area contributed by atoms with E-state index in [0.29, 0.717) is 6.54 Å². The maximum atomic E-state index is 13.0. The fourth-order valence-corrected chi connectivity index (χ4v) is 3.36. The number of hydrogen-bond acceptors (Lipinski definition) is 3. The molecule has 0 spiro atoms. The molecule has 4 heteroatoms. The second kappa shape index (κ2) is 7.50. The van der Waals surface area contributed by atoms with E-state index < -0.39 is 5.60 Å². The van der Waals surface area contributed by atoms with Crippen molar-refractivity contribution in [2.75, 3.05) is 11.4 Å². The van der Waals surface area contributed by atoms with E-state index in [1.165, 1.54) is 5.56 Å². The number of carbonyl (C=O) groups excluding carboxylic acids is 1. The third kappa shape index (κ3) is 3.75. The summed E-state index contributed by atoms with van der Waals surface area (Å²) in [6, 6.07) is 16.3. The minimum absolute atomic E-state index is 0.000261. The van der Waals surface area contributed by atoms with Crippen molar-refractivity contribution >= 4 is 11.6 Å². The van der Waals surface area contributed by atoms with E-state index in [2.05, 4.69) is 19.1 Å². The van der Waals surface area contributed by atoms with Crippen LogP contribution in [0.15, 0.2) is 48.5 Å². The van der Waals surface area contributed by atoms with Gasteiger partial charge in [-0.2, -0.15) is 0 Å². The molecule has 2 N–H and O–H groups in total. The zero-order valence-corrected chi connectivity index (χ0v) is 15.9. The van der Waals surface area contributed by atoms with Crippen molar-refractivity contribution in [2.45, 2.75) is 51.7 Å². The predicted molar refractivity (Wildman–Crippen MR) is 105 cm³/mol. The summed E-state index contributed by atoms with van der Waals surface area (Å²) >= 11 is 0. The first-order valence-corrected chi connectivity index (χ1v) is 9.37. The molecule has 2 aromatic rings. The summed E-state index contributed by atoms with van der Waals surface area (Å²) in [5.74, 6) is 0.752. The quantitative estimate of drug-likeness (QED) is 0.846. The fraction of sp³-hybridized carbons (Fsp3) is 0.409. The van der Waals surface area contributed by atoms with Gasteiger partial charge in [0.1, 0.15) is 5.75 Å². The van der Waals surface area contributed by atoms with Crippen LogP contribution in [0.3, 0.4) is 0 Å². The summed E-state index contributed by atoms with van der Waals surface area (Å²) in [6.45, 7) is 6.38. The molecule has 4 nitrogen and oxygen atoms in total. The third-order valence-electron chi connectivity index (χ3n) is 4.96. The molecule has 0 aliphatic carbocycles. The summed E-state index contributed by atoms with van der Waals surface area (Å²) in [7, 11) is 0. The molecule has 2 aromatic carbocycles. The first-order chi connectivity index (χ1) is 12.4. The zero-order chi connectivity index (χ0) is 18.7. The first kappa shape index (κ1) is 18.5. The Morgan fingerprint density at radius 3 is 2.58 bits per heavy atom. The zero-order valence-electron chi connectivity index (χ0n) is 15.9. The van der Waals surface area contributed by atoms with Crippen LogP contribution in [-0.2, 0) is 11.2 Å². The van der Waals surface area contributed by atoms with E-state index in [9.17, 15) is 4.79 Å². The lowest BCUT2D eigenvalue weighted by atomic mass is 9.99. The number of fused-ring (bicyclic) bond motifs is 1. The normalized spacial score (nSPS) is 16.8. The molecule has 0 saturated carbocycles. The van der Waals surface area contributed by atoms with E-state index in [-0.39, 0.29) is 11.9 Å². The summed E-state index contributed by atoms with van der Waals surface area (Å²) in [6.07, 6.45) is 2.69. The van der Waals surface area contributed by atoms with E-state index in [1.807, 2.05) is 55.1 Å². The molecular formula is C22H28N2O2. The maximum Gasteiger partial charge on any atom is 0.270 e. The highest BCUT2D eigenvalue weighted by atomic mass is 16.5. The highest BCUT2D eigenvalue weighted by molar-refractivity contribution is 6.02. The maximum absolute atomic E-state index is 13.0. The van der Waals surface area contributed by atoms with Crippen LogP contribution in [0, 0.1) is 0 Å². The van der Waals surface area contributed by atoms with Gasteiger partial charge < -0.3 is 15.4 Å². The second-order valence-electron chi connectivity index (χ2n) is 7.40. The van der Waals surface area contributed by atoms with Crippen molar-refractivity contribution in [3.05, 3.63) is 59.7 Å². The molecule has 1 aliphatic rings. The number of hydrogen-bond donors (Lipinski definition) is 1. The van der Waals surface area contributed by atoms with E-state index >= 15 is 0 Å². The van der Waals surface area contributed by atoms with Gasteiger partial charge >= 0.3 is 0 Å². The average Bonchev–Trinajstić information content (AvgIpc) is 2.64. The van der Waals surface area contributed by atoms with E-state index in [1.54, 1.807) is 0 Å². The number of anilines is 1. The Kier molecular flexibility index (Phi) is 5.33. The molecule has 0 bridgehead atoms. The molecule has 1 unspecified atom stereocenters. The molecule has 0 saturated heterocycles.